The summed E-state index contributed by atoms with van der Waals surface area (Å²) in [7, 11) is 1.69. The summed E-state index contributed by atoms with van der Waals surface area (Å²) in [6, 6.07) is 16.7. The number of hydrogen-bond donors (Lipinski definition) is 0. The molecule has 1 saturated heterocycles. The lowest BCUT2D eigenvalue weighted by atomic mass is 10.1. The summed E-state index contributed by atoms with van der Waals surface area (Å²) in [5.41, 5.74) is 2.62. The van der Waals surface area contributed by atoms with Crippen molar-refractivity contribution in [3.8, 4) is 5.75 Å². The number of halogens is 1. The van der Waals surface area contributed by atoms with E-state index in [0.717, 1.165) is 55.8 Å². The molecule has 148 valence electrons. The zero-order chi connectivity index (χ0) is 19.5. The zero-order valence-electron chi connectivity index (χ0n) is 16.3. The highest BCUT2D eigenvalue weighted by Crippen LogP contribution is 2.48. The van der Waals surface area contributed by atoms with Crippen LogP contribution >= 0.6 is 15.9 Å². The second-order valence-electron chi connectivity index (χ2n) is 7.77. The number of hydrogen-bond acceptors (Lipinski definition) is 3. The van der Waals surface area contributed by atoms with Gasteiger partial charge in [-0.2, -0.15) is 0 Å². The number of nitrogens with zero attached hydrogens (tertiary/aromatic N) is 2. The van der Waals surface area contributed by atoms with E-state index in [9.17, 15) is 4.79 Å². The van der Waals surface area contributed by atoms with Crippen LogP contribution in [0.15, 0.2) is 53.0 Å². The maximum absolute atomic E-state index is 12.8. The van der Waals surface area contributed by atoms with Crippen LogP contribution in [0.5, 0.6) is 5.75 Å². The van der Waals surface area contributed by atoms with Crippen LogP contribution in [0.1, 0.15) is 23.5 Å². The first-order valence-electron chi connectivity index (χ1n) is 10.0. The number of methoxy groups -OCH3 is 1. The number of ether oxygens (including phenoxy) is 1. The Bertz CT molecular complexity index is 798. The minimum atomic E-state index is 0.187. The third kappa shape index (κ3) is 4.58. The molecule has 2 fully saturated rings. The fourth-order valence-electron chi connectivity index (χ4n) is 4.05. The van der Waals surface area contributed by atoms with Crippen LogP contribution in [0.4, 0.5) is 0 Å². The summed E-state index contributed by atoms with van der Waals surface area (Å²) in [4.78, 5) is 17.4. The first-order valence-corrected chi connectivity index (χ1v) is 10.8. The Hall–Kier alpha value is -1.85. The van der Waals surface area contributed by atoms with Crippen molar-refractivity contribution in [3.05, 3.63) is 64.1 Å². The largest absolute Gasteiger partial charge is 0.497 e. The maximum Gasteiger partial charge on any atom is 0.226 e. The van der Waals surface area contributed by atoms with Crippen molar-refractivity contribution in [2.45, 2.75) is 18.8 Å². The molecule has 4 nitrogen and oxygen atoms in total. The van der Waals surface area contributed by atoms with Crippen LogP contribution in [0.25, 0.3) is 0 Å². The minimum Gasteiger partial charge on any atom is -0.497 e. The lowest BCUT2D eigenvalue weighted by Gasteiger charge is -2.35. The van der Waals surface area contributed by atoms with Crippen molar-refractivity contribution in [1.29, 1.82) is 0 Å². The molecular weight excluding hydrogens is 416 g/mol. The molecule has 1 heterocycles. The summed E-state index contributed by atoms with van der Waals surface area (Å²) in [6.45, 7) is 4.68. The summed E-state index contributed by atoms with van der Waals surface area (Å²) < 4.78 is 6.30. The highest BCUT2D eigenvalue weighted by atomic mass is 79.9. The third-order valence-corrected chi connectivity index (χ3v) is 6.49. The van der Waals surface area contributed by atoms with E-state index in [4.69, 9.17) is 4.74 Å². The Morgan fingerprint density at radius 1 is 1.04 bits per heavy atom. The molecule has 2 aromatic carbocycles. The number of benzene rings is 2. The van der Waals surface area contributed by atoms with Gasteiger partial charge in [0.1, 0.15) is 5.75 Å². The zero-order valence-corrected chi connectivity index (χ0v) is 17.9. The first kappa shape index (κ1) is 19.5. The van der Waals surface area contributed by atoms with Crippen molar-refractivity contribution in [2.75, 3.05) is 39.8 Å². The molecule has 0 bridgehead atoms. The van der Waals surface area contributed by atoms with Crippen LogP contribution in [-0.4, -0.2) is 55.5 Å². The Morgan fingerprint density at radius 3 is 2.36 bits per heavy atom. The smallest absolute Gasteiger partial charge is 0.226 e. The molecule has 1 aliphatic carbocycles. The van der Waals surface area contributed by atoms with Gasteiger partial charge < -0.3 is 9.64 Å². The second kappa shape index (κ2) is 8.66. The summed E-state index contributed by atoms with van der Waals surface area (Å²) >= 11 is 3.48. The van der Waals surface area contributed by atoms with Gasteiger partial charge in [0.25, 0.3) is 0 Å². The first-order chi connectivity index (χ1) is 13.6. The van der Waals surface area contributed by atoms with Crippen LogP contribution in [0, 0.1) is 5.92 Å². The second-order valence-corrected chi connectivity index (χ2v) is 8.68. The number of amides is 1. The van der Waals surface area contributed by atoms with Gasteiger partial charge in [-0.1, -0.05) is 40.2 Å². The van der Waals surface area contributed by atoms with Crippen molar-refractivity contribution >= 4 is 21.8 Å². The molecule has 2 unspecified atom stereocenters. The fourth-order valence-corrected chi connectivity index (χ4v) is 4.32. The fraction of sp³-hybridized carbons (Fsp3) is 0.435. The van der Waals surface area contributed by atoms with E-state index in [0.29, 0.717) is 11.8 Å². The Balaban J connectivity index is 1.22. The quantitative estimate of drug-likeness (QED) is 0.678. The van der Waals surface area contributed by atoms with Crippen LogP contribution in [-0.2, 0) is 11.2 Å². The van der Waals surface area contributed by atoms with Crippen LogP contribution < -0.4 is 4.74 Å². The van der Waals surface area contributed by atoms with Crippen LogP contribution in [0.2, 0.25) is 0 Å². The molecule has 2 atom stereocenters. The molecular formula is C23H27BrN2O2. The maximum atomic E-state index is 12.8. The van der Waals surface area contributed by atoms with Crippen molar-refractivity contribution in [3.63, 3.8) is 0 Å². The molecule has 0 aromatic heterocycles. The highest BCUT2D eigenvalue weighted by molar-refractivity contribution is 9.10. The average molecular weight is 443 g/mol. The lowest BCUT2D eigenvalue weighted by molar-refractivity contribution is -0.134. The van der Waals surface area contributed by atoms with Gasteiger partial charge in [0.05, 0.1) is 7.11 Å². The number of carbonyl (C=O) groups is 1. The molecule has 1 amide bonds. The third-order valence-electron chi connectivity index (χ3n) is 5.97. The average Bonchev–Trinajstić information content (AvgIpc) is 3.54. The monoisotopic (exact) mass is 442 g/mol. The van der Waals surface area contributed by atoms with E-state index < -0.39 is 0 Å². The Morgan fingerprint density at radius 2 is 1.71 bits per heavy atom. The summed E-state index contributed by atoms with van der Waals surface area (Å²) in [5.74, 6) is 1.85. The van der Waals surface area contributed by atoms with Gasteiger partial charge in [-0.3, -0.25) is 9.69 Å². The molecule has 28 heavy (non-hydrogen) atoms. The predicted octanol–water partition coefficient (Wildman–Crippen LogP) is 3.95. The number of rotatable bonds is 6. The topological polar surface area (TPSA) is 32.8 Å². The molecule has 1 saturated carbocycles. The van der Waals surface area contributed by atoms with E-state index in [1.54, 1.807) is 7.11 Å². The van der Waals surface area contributed by atoms with E-state index in [2.05, 4.69) is 62.1 Å². The van der Waals surface area contributed by atoms with E-state index in [1.807, 2.05) is 12.1 Å². The minimum absolute atomic E-state index is 0.187. The van der Waals surface area contributed by atoms with Crippen molar-refractivity contribution in [1.82, 2.24) is 9.80 Å². The Kier molecular flexibility index (Phi) is 6.02. The van der Waals surface area contributed by atoms with Gasteiger partial charge in [0, 0.05) is 43.1 Å². The standard InChI is InChI=1S/C23H27BrN2O2/c1-28-20-8-2-17(3-9-20)10-11-25-12-14-26(15-13-25)23(27)22-16-21(22)18-4-6-19(24)7-5-18/h2-9,21-22H,10-16H2,1H3. The molecule has 4 rings (SSSR count). The van der Waals surface area contributed by atoms with Crippen molar-refractivity contribution in [2.24, 2.45) is 5.92 Å². The van der Waals surface area contributed by atoms with Gasteiger partial charge in [-0.25, -0.2) is 0 Å². The highest BCUT2D eigenvalue weighted by Gasteiger charge is 2.45. The summed E-state index contributed by atoms with van der Waals surface area (Å²) in [5, 5.41) is 0. The molecule has 0 spiro atoms. The lowest BCUT2D eigenvalue weighted by Crippen LogP contribution is -2.49. The molecule has 2 aliphatic rings. The van der Waals surface area contributed by atoms with Gasteiger partial charge in [-0.15, -0.1) is 0 Å². The normalized spacial score (nSPS) is 22.1. The van der Waals surface area contributed by atoms with Crippen LogP contribution in [0.3, 0.4) is 0 Å². The van der Waals surface area contributed by atoms with E-state index >= 15 is 0 Å². The molecule has 0 radical (unpaired) electrons. The van der Waals surface area contributed by atoms with Crippen molar-refractivity contribution < 1.29 is 9.53 Å². The van der Waals surface area contributed by atoms with Gasteiger partial charge in [-0.05, 0) is 54.2 Å². The molecule has 0 N–H and O–H groups in total. The van der Waals surface area contributed by atoms with E-state index in [1.165, 1.54) is 11.1 Å². The molecule has 2 aromatic rings. The number of piperazine rings is 1. The molecule has 1 aliphatic heterocycles. The number of carbonyl (C=O) groups excluding carboxylic acids is 1. The molecule has 5 heteroatoms. The van der Waals surface area contributed by atoms with E-state index in [-0.39, 0.29) is 5.92 Å². The van der Waals surface area contributed by atoms with Gasteiger partial charge in [0.2, 0.25) is 5.91 Å². The Labute approximate surface area is 175 Å². The van der Waals surface area contributed by atoms with Gasteiger partial charge in [0.15, 0.2) is 0 Å². The summed E-state index contributed by atoms with van der Waals surface area (Å²) in [6.07, 6.45) is 2.03. The predicted molar refractivity (Wildman–Crippen MR) is 115 cm³/mol. The van der Waals surface area contributed by atoms with Gasteiger partial charge >= 0.3 is 0 Å². The SMILES string of the molecule is COc1ccc(CCN2CCN(C(=O)C3CC3c3ccc(Br)cc3)CC2)cc1.